The van der Waals surface area contributed by atoms with Crippen LogP contribution in [-0.4, -0.2) is 25.1 Å². The third-order valence-corrected chi connectivity index (χ3v) is 4.53. The van der Waals surface area contributed by atoms with Crippen LogP contribution in [0.25, 0.3) is 0 Å². The SMILES string of the molecule is CC(Oc1ccccc1)C(=O)Nc1ccccc1N1CCCCCC1. The molecular formula is C21H26N2O2. The van der Waals surface area contributed by atoms with E-state index in [9.17, 15) is 4.79 Å². The summed E-state index contributed by atoms with van der Waals surface area (Å²) in [5.74, 6) is 0.567. The summed E-state index contributed by atoms with van der Waals surface area (Å²) in [5.41, 5.74) is 1.96. The quantitative estimate of drug-likeness (QED) is 0.874. The molecule has 0 aliphatic carbocycles. The smallest absolute Gasteiger partial charge is 0.265 e. The highest BCUT2D eigenvalue weighted by atomic mass is 16.5. The summed E-state index contributed by atoms with van der Waals surface area (Å²) >= 11 is 0. The summed E-state index contributed by atoms with van der Waals surface area (Å²) in [6, 6.07) is 17.5. The van der Waals surface area contributed by atoms with Crippen molar-refractivity contribution in [1.82, 2.24) is 0 Å². The highest BCUT2D eigenvalue weighted by molar-refractivity contribution is 5.97. The highest BCUT2D eigenvalue weighted by Gasteiger charge is 2.18. The summed E-state index contributed by atoms with van der Waals surface area (Å²) in [7, 11) is 0. The number of benzene rings is 2. The third kappa shape index (κ3) is 4.75. The number of carbonyl (C=O) groups is 1. The Kier molecular flexibility index (Phi) is 5.94. The molecule has 1 aliphatic heterocycles. The molecule has 0 aromatic heterocycles. The van der Waals surface area contributed by atoms with Crippen LogP contribution in [0.2, 0.25) is 0 Å². The maximum Gasteiger partial charge on any atom is 0.265 e. The van der Waals surface area contributed by atoms with Crippen molar-refractivity contribution in [3.05, 3.63) is 54.6 Å². The van der Waals surface area contributed by atoms with Crippen molar-refractivity contribution < 1.29 is 9.53 Å². The van der Waals surface area contributed by atoms with E-state index in [0.29, 0.717) is 5.75 Å². The van der Waals surface area contributed by atoms with E-state index in [1.165, 1.54) is 25.7 Å². The molecule has 0 spiro atoms. The van der Waals surface area contributed by atoms with Gasteiger partial charge in [-0.25, -0.2) is 0 Å². The lowest BCUT2D eigenvalue weighted by molar-refractivity contribution is -0.122. The minimum atomic E-state index is -0.556. The number of nitrogens with one attached hydrogen (secondary N) is 1. The fraction of sp³-hybridized carbons (Fsp3) is 0.381. The van der Waals surface area contributed by atoms with Gasteiger partial charge in [0.05, 0.1) is 11.4 Å². The van der Waals surface area contributed by atoms with Crippen molar-refractivity contribution in [2.45, 2.75) is 38.7 Å². The van der Waals surface area contributed by atoms with Gasteiger partial charge in [0.1, 0.15) is 5.75 Å². The minimum absolute atomic E-state index is 0.133. The number of ether oxygens (including phenoxy) is 1. The third-order valence-electron chi connectivity index (χ3n) is 4.53. The second-order valence-electron chi connectivity index (χ2n) is 6.48. The number of hydrogen-bond donors (Lipinski definition) is 1. The van der Waals surface area contributed by atoms with Gasteiger partial charge < -0.3 is 15.0 Å². The predicted octanol–water partition coefficient (Wildman–Crippen LogP) is 4.47. The lowest BCUT2D eigenvalue weighted by Gasteiger charge is -2.26. The van der Waals surface area contributed by atoms with E-state index in [1.54, 1.807) is 6.92 Å². The second kappa shape index (κ2) is 8.56. The van der Waals surface area contributed by atoms with Gasteiger partial charge >= 0.3 is 0 Å². The number of para-hydroxylation sites is 3. The molecule has 132 valence electrons. The Morgan fingerprint density at radius 2 is 1.60 bits per heavy atom. The predicted molar refractivity (Wildman–Crippen MR) is 102 cm³/mol. The lowest BCUT2D eigenvalue weighted by Crippen LogP contribution is -2.31. The number of rotatable bonds is 5. The summed E-state index contributed by atoms with van der Waals surface area (Å²) in [6.45, 7) is 3.86. The molecule has 3 rings (SSSR count). The molecule has 2 aromatic carbocycles. The van der Waals surface area contributed by atoms with Gasteiger partial charge in [-0.05, 0) is 44.0 Å². The first-order valence-corrected chi connectivity index (χ1v) is 9.10. The molecule has 25 heavy (non-hydrogen) atoms. The Morgan fingerprint density at radius 1 is 0.960 bits per heavy atom. The average Bonchev–Trinajstić information content (AvgIpc) is 2.92. The van der Waals surface area contributed by atoms with Crippen LogP contribution in [0.15, 0.2) is 54.6 Å². The zero-order valence-corrected chi connectivity index (χ0v) is 14.8. The van der Waals surface area contributed by atoms with Crippen molar-refractivity contribution in [2.24, 2.45) is 0 Å². The highest BCUT2D eigenvalue weighted by Crippen LogP contribution is 2.28. The summed E-state index contributed by atoms with van der Waals surface area (Å²) < 4.78 is 5.73. The Bertz CT molecular complexity index is 679. The van der Waals surface area contributed by atoms with E-state index in [4.69, 9.17) is 4.74 Å². The molecule has 0 saturated carbocycles. The molecule has 1 atom stereocenters. The molecule has 1 fully saturated rings. The van der Waals surface area contributed by atoms with Crippen molar-refractivity contribution in [1.29, 1.82) is 0 Å². The van der Waals surface area contributed by atoms with Crippen molar-refractivity contribution >= 4 is 17.3 Å². The number of anilines is 2. The van der Waals surface area contributed by atoms with Crippen LogP contribution in [0.5, 0.6) is 5.75 Å². The van der Waals surface area contributed by atoms with Gasteiger partial charge in [-0.15, -0.1) is 0 Å². The van der Waals surface area contributed by atoms with E-state index >= 15 is 0 Å². The van der Waals surface area contributed by atoms with Crippen LogP contribution in [-0.2, 0) is 4.79 Å². The number of hydrogen-bond acceptors (Lipinski definition) is 3. The standard InChI is InChI=1S/C21H26N2O2/c1-17(25-18-11-5-4-6-12-18)21(24)22-19-13-7-8-14-20(19)23-15-9-2-3-10-16-23/h4-8,11-14,17H,2-3,9-10,15-16H2,1H3,(H,22,24). The monoisotopic (exact) mass is 338 g/mol. The van der Waals surface area contributed by atoms with E-state index in [2.05, 4.69) is 16.3 Å². The number of amides is 1. The largest absolute Gasteiger partial charge is 0.481 e. The lowest BCUT2D eigenvalue weighted by atomic mass is 10.2. The normalized spacial score (nSPS) is 16.0. The molecule has 2 aromatic rings. The van der Waals surface area contributed by atoms with Gasteiger partial charge in [0.15, 0.2) is 6.10 Å². The molecule has 0 bridgehead atoms. The van der Waals surface area contributed by atoms with Crippen molar-refractivity contribution in [3.8, 4) is 5.75 Å². The topological polar surface area (TPSA) is 41.6 Å². The maximum atomic E-state index is 12.6. The first kappa shape index (κ1) is 17.3. The van der Waals surface area contributed by atoms with E-state index < -0.39 is 6.10 Å². The molecule has 1 N–H and O–H groups in total. The van der Waals surface area contributed by atoms with Crippen LogP contribution in [0.1, 0.15) is 32.6 Å². The average molecular weight is 338 g/mol. The van der Waals surface area contributed by atoms with Crippen LogP contribution in [0.4, 0.5) is 11.4 Å². The van der Waals surface area contributed by atoms with E-state index in [-0.39, 0.29) is 5.91 Å². The van der Waals surface area contributed by atoms with Crippen molar-refractivity contribution in [2.75, 3.05) is 23.3 Å². The number of nitrogens with zero attached hydrogens (tertiary/aromatic N) is 1. The molecule has 4 nitrogen and oxygen atoms in total. The first-order valence-electron chi connectivity index (χ1n) is 9.10. The van der Waals surface area contributed by atoms with Gasteiger partial charge in [-0.1, -0.05) is 43.2 Å². The Labute approximate surface area is 149 Å². The van der Waals surface area contributed by atoms with Crippen LogP contribution in [0.3, 0.4) is 0 Å². The minimum Gasteiger partial charge on any atom is -0.481 e. The van der Waals surface area contributed by atoms with Gasteiger partial charge in [0, 0.05) is 13.1 Å². The molecule has 1 amide bonds. The van der Waals surface area contributed by atoms with Gasteiger partial charge in [0.2, 0.25) is 0 Å². The van der Waals surface area contributed by atoms with Gasteiger partial charge in [-0.3, -0.25) is 4.79 Å². The van der Waals surface area contributed by atoms with Crippen LogP contribution in [0, 0.1) is 0 Å². The summed E-state index contributed by atoms with van der Waals surface area (Å²) in [6.07, 6.45) is 4.42. The van der Waals surface area contributed by atoms with Gasteiger partial charge in [-0.2, -0.15) is 0 Å². The van der Waals surface area contributed by atoms with Crippen LogP contribution >= 0.6 is 0 Å². The summed E-state index contributed by atoms with van der Waals surface area (Å²) in [5, 5.41) is 3.04. The van der Waals surface area contributed by atoms with Gasteiger partial charge in [0.25, 0.3) is 5.91 Å². The molecule has 1 aliphatic rings. The second-order valence-corrected chi connectivity index (χ2v) is 6.48. The fourth-order valence-electron chi connectivity index (χ4n) is 3.16. The molecule has 4 heteroatoms. The van der Waals surface area contributed by atoms with Crippen molar-refractivity contribution in [3.63, 3.8) is 0 Å². The summed E-state index contributed by atoms with van der Waals surface area (Å²) in [4.78, 5) is 14.9. The maximum absolute atomic E-state index is 12.6. The zero-order valence-electron chi connectivity index (χ0n) is 14.8. The molecule has 1 unspecified atom stereocenters. The Hall–Kier alpha value is -2.49. The molecule has 1 heterocycles. The molecule has 0 radical (unpaired) electrons. The van der Waals surface area contributed by atoms with E-state index in [0.717, 1.165) is 24.5 Å². The first-order chi connectivity index (χ1) is 12.2. The van der Waals surface area contributed by atoms with E-state index in [1.807, 2.05) is 48.5 Å². The Balaban J connectivity index is 1.68. The number of carbonyl (C=O) groups excluding carboxylic acids is 1. The Morgan fingerprint density at radius 3 is 2.32 bits per heavy atom. The fourth-order valence-corrected chi connectivity index (χ4v) is 3.16. The molecule has 1 saturated heterocycles. The molecular weight excluding hydrogens is 312 g/mol. The van der Waals surface area contributed by atoms with Crippen LogP contribution < -0.4 is 15.0 Å². The zero-order chi connectivity index (χ0) is 17.5.